The maximum atomic E-state index is 11.9. The summed E-state index contributed by atoms with van der Waals surface area (Å²) in [6.07, 6.45) is -0.876. The van der Waals surface area contributed by atoms with E-state index in [4.69, 9.17) is 9.47 Å². The van der Waals surface area contributed by atoms with Crippen molar-refractivity contribution < 1.29 is 24.3 Å². The van der Waals surface area contributed by atoms with Crippen LogP contribution in [0.15, 0.2) is 97.1 Å². The highest BCUT2D eigenvalue weighted by Gasteiger charge is 2.39. The molecule has 50 heavy (non-hydrogen) atoms. The zero-order valence-corrected chi connectivity index (χ0v) is 28.5. The second-order valence-electron chi connectivity index (χ2n) is 12.9. The van der Waals surface area contributed by atoms with Crippen LogP contribution < -0.4 is 15.5 Å². The van der Waals surface area contributed by atoms with Crippen LogP contribution in [0.25, 0.3) is 11.1 Å². The Bertz CT molecular complexity index is 1730. The first-order valence-electron chi connectivity index (χ1n) is 17.2. The van der Waals surface area contributed by atoms with Gasteiger partial charge in [0.15, 0.2) is 6.29 Å². The molecule has 4 atom stereocenters. The topological polar surface area (TPSA) is 129 Å². The first-order chi connectivity index (χ1) is 24.3. The van der Waals surface area contributed by atoms with Gasteiger partial charge in [-0.05, 0) is 52.9 Å². The Hall–Kier alpha value is -4.81. The van der Waals surface area contributed by atoms with Gasteiger partial charge in [0.05, 0.1) is 23.7 Å². The summed E-state index contributed by atoms with van der Waals surface area (Å²) in [5.74, 6) is 0.0639. The first kappa shape index (κ1) is 35.0. The number of nitro benzene ring substituents is 1. The largest absolute Gasteiger partial charge is 0.392 e. The minimum Gasteiger partial charge on any atom is -0.392 e. The summed E-state index contributed by atoms with van der Waals surface area (Å²) in [5.41, 5.74) is 7.03. The summed E-state index contributed by atoms with van der Waals surface area (Å²) in [7, 11) is 0. The third kappa shape index (κ3) is 8.48. The zero-order chi connectivity index (χ0) is 35.0. The molecule has 2 aliphatic heterocycles. The molecule has 0 aromatic heterocycles. The molecule has 2 saturated heterocycles. The van der Waals surface area contributed by atoms with E-state index in [1.54, 1.807) is 12.1 Å². The number of nitro groups is 1. The Morgan fingerprint density at radius 1 is 0.860 bits per heavy atom. The van der Waals surface area contributed by atoms with Crippen molar-refractivity contribution in [2.24, 2.45) is 5.92 Å². The SMILES string of the molecule is CCNC(=O)NCc1cccc(-c2ccc(C3OC(CN4CCN(c5ccc([N+](=O)[O-])cc5)CC4)C(C)C(c4ccc(CO)cc4)O3)cc2)c1. The predicted molar refractivity (Wildman–Crippen MR) is 193 cm³/mol. The van der Waals surface area contributed by atoms with Crippen LogP contribution >= 0.6 is 0 Å². The van der Waals surface area contributed by atoms with E-state index in [2.05, 4.69) is 63.8 Å². The molecule has 11 nitrogen and oxygen atoms in total. The molecule has 2 fully saturated rings. The summed E-state index contributed by atoms with van der Waals surface area (Å²) in [5, 5.41) is 26.3. The average molecular weight is 680 g/mol. The average Bonchev–Trinajstić information content (AvgIpc) is 3.15. The first-order valence-corrected chi connectivity index (χ1v) is 17.2. The number of nitrogens with zero attached hydrogens (tertiary/aromatic N) is 3. The lowest BCUT2D eigenvalue weighted by Gasteiger charge is -2.44. The van der Waals surface area contributed by atoms with Crippen molar-refractivity contribution >= 4 is 17.4 Å². The van der Waals surface area contributed by atoms with Crippen molar-refractivity contribution in [3.63, 3.8) is 0 Å². The van der Waals surface area contributed by atoms with Gasteiger partial charge in [0.25, 0.3) is 5.69 Å². The third-order valence-electron chi connectivity index (χ3n) is 9.59. The van der Waals surface area contributed by atoms with Crippen molar-refractivity contribution in [1.29, 1.82) is 0 Å². The van der Waals surface area contributed by atoms with Crippen LogP contribution in [0.5, 0.6) is 0 Å². The minimum absolute atomic E-state index is 0.0124. The maximum absolute atomic E-state index is 11.9. The molecule has 3 N–H and O–H groups in total. The fourth-order valence-electron chi connectivity index (χ4n) is 6.66. The van der Waals surface area contributed by atoms with Crippen LogP contribution in [0.1, 0.15) is 48.5 Å². The van der Waals surface area contributed by atoms with E-state index in [-0.39, 0.29) is 41.4 Å². The molecule has 0 radical (unpaired) electrons. The number of aliphatic hydroxyl groups is 1. The second-order valence-corrected chi connectivity index (χ2v) is 12.9. The van der Waals surface area contributed by atoms with Gasteiger partial charge in [0.2, 0.25) is 0 Å². The number of ether oxygens (including phenoxy) is 2. The Kier molecular flexibility index (Phi) is 11.4. The van der Waals surface area contributed by atoms with E-state index in [1.807, 2.05) is 55.5 Å². The van der Waals surface area contributed by atoms with Crippen molar-refractivity contribution in [2.45, 2.75) is 45.5 Å². The Morgan fingerprint density at radius 2 is 1.56 bits per heavy atom. The number of piperazine rings is 1. The van der Waals surface area contributed by atoms with Crippen LogP contribution in [-0.2, 0) is 22.6 Å². The molecule has 6 rings (SSSR count). The molecular weight excluding hydrogens is 634 g/mol. The minimum atomic E-state index is -0.568. The van der Waals surface area contributed by atoms with Gasteiger partial charge in [-0.25, -0.2) is 4.79 Å². The van der Waals surface area contributed by atoms with Gasteiger partial charge >= 0.3 is 6.03 Å². The van der Waals surface area contributed by atoms with Gasteiger partial charge in [-0.1, -0.05) is 73.7 Å². The third-order valence-corrected chi connectivity index (χ3v) is 9.59. The lowest BCUT2D eigenvalue weighted by atomic mass is 9.89. The summed E-state index contributed by atoms with van der Waals surface area (Å²) in [6.45, 7) is 9.13. The fourth-order valence-corrected chi connectivity index (χ4v) is 6.66. The summed E-state index contributed by atoms with van der Waals surface area (Å²) in [4.78, 5) is 27.3. The molecule has 0 bridgehead atoms. The molecular formula is C39H45N5O6. The number of anilines is 1. The van der Waals surface area contributed by atoms with Gasteiger partial charge < -0.3 is 30.1 Å². The van der Waals surface area contributed by atoms with Crippen LogP contribution in [0.4, 0.5) is 16.2 Å². The number of carbonyl (C=O) groups is 1. The van der Waals surface area contributed by atoms with E-state index in [0.29, 0.717) is 13.1 Å². The van der Waals surface area contributed by atoms with Crippen LogP contribution in [0.3, 0.4) is 0 Å². The number of hydrogen-bond acceptors (Lipinski definition) is 8. The highest BCUT2D eigenvalue weighted by molar-refractivity contribution is 5.74. The molecule has 11 heteroatoms. The quantitative estimate of drug-likeness (QED) is 0.127. The zero-order valence-electron chi connectivity index (χ0n) is 28.5. The number of non-ortho nitro benzene ring substituents is 1. The lowest BCUT2D eigenvalue weighted by Crippen LogP contribution is -2.51. The number of aliphatic hydroxyl groups excluding tert-OH is 1. The molecule has 2 amide bonds. The van der Waals surface area contributed by atoms with Crippen LogP contribution in [0, 0.1) is 16.0 Å². The van der Waals surface area contributed by atoms with Crippen LogP contribution in [0.2, 0.25) is 0 Å². The van der Waals surface area contributed by atoms with E-state index in [0.717, 1.165) is 71.8 Å². The summed E-state index contributed by atoms with van der Waals surface area (Å²) < 4.78 is 13.4. The van der Waals surface area contributed by atoms with E-state index < -0.39 is 6.29 Å². The molecule has 0 spiro atoms. The monoisotopic (exact) mass is 679 g/mol. The number of carbonyl (C=O) groups excluding carboxylic acids is 1. The normalized spacial score (nSPS) is 21.1. The molecule has 4 unspecified atom stereocenters. The van der Waals surface area contributed by atoms with Gasteiger partial charge in [0, 0.05) is 75.1 Å². The number of amides is 2. The maximum Gasteiger partial charge on any atom is 0.315 e. The highest BCUT2D eigenvalue weighted by atomic mass is 16.7. The molecule has 0 saturated carbocycles. The molecule has 2 aliphatic rings. The number of rotatable bonds is 11. The second kappa shape index (κ2) is 16.3. The Balaban J connectivity index is 1.15. The lowest BCUT2D eigenvalue weighted by molar-refractivity contribution is -0.384. The van der Waals surface area contributed by atoms with Gasteiger partial charge in [-0.3, -0.25) is 15.0 Å². The molecule has 4 aromatic rings. The predicted octanol–water partition coefficient (Wildman–Crippen LogP) is 6.19. The van der Waals surface area contributed by atoms with Crippen molar-refractivity contribution in [3.05, 3.63) is 129 Å². The van der Waals surface area contributed by atoms with Crippen molar-refractivity contribution in [2.75, 3.05) is 44.2 Å². The molecule has 4 aromatic carbocycles. The van der Waals surface area contributed by atoms with E-state index in [1.165, 1.54) is 0 Å². The van der Waals surface area contributed by atoms with Gasteiger partial charge in [-0.15, -0.1) is 0 Å². The van der Waals surface area contributed by atoms with Crippen molar-refractivity contribution in [3.8, 4) is 11.1 Å². The standard InChI is InChI=1S/C39H45N5O6/c1-3-40-39(46)41-24-29-5-4-6-33(23-29)30-11-13-32(14-12-30)38-49-36(27(2)37(50-38)31-9-7-28(26-45)8-10-31)25-42-19-21-43(22-20-42)34-15-17-35(18-16-34)44(47)48/h4-18,23,27,36-38,45H,3,19-22,24-26H2,1-2H3,(H2,40,41,46). The number of hydrogen-bond donors (Lipinski definition) is 3. The smallest absolute Gasteiger partial charge is 0.315 e. The molecule has 0 aliphatic carbocycles. The highest BCUT2D eigenvalue weighted by Crippen LogP contribution is 2.42. The number of nitrogens with one attached hydrogen (secondary N) is 2. The molecule has 262 valence electrons. The van der Waals surface area contributed by atoms with Crippen LogP contribution in [-0.4, -0.2) is 66.3 Å². The Morgan fingerprint density at radius 3 is 2.22 bits per heavy atom. The van der Waals surface area contributed by atoms with Gasteiger partial charge in [-0.2, -0.15) is 0 Å². The summed E-state index contributed by atoms with van der Waals surface area (Å²) in [6, 6.07) is 30.9. The number of urea groups is 1. The Labute approximate surface area is 293 Å². The fraction of sp³-hybridized carbons (Fsp3) is 0.359. The number of benzene rings is 4. The van der Waals surface area contributed by atoms with E-state index >= 15 is 0 Å². The van der Waals surface area contributed by atoms with E-state index in [9.17, 15) is 20.0 Å². The molecule has 2 heterocycles. The van der Waals surface area contributed by atoms with Crippen molar-refractivity contribution in [1.82, 2.24) is 15.5 Å². The van der Waals surface area contributed by atoms with Gasteiger partial charge in [0.1, 0.15) is 0 Å². The summed E-state index contributed by atoms with van der Waals surface area (Å²) >= 11 is 0.